The average Bonchev–Trinajstić information content (AvgIpc) is 2.14. The van der Waals surface area contributed by atoms with Gasteiger partial charge in [-0.2, -0.15) is 0 Å². The van der Waals surface area contributed by atoms with E-state index >= 15 is 0 Å². The number of carbonyl (C=O) groups is 1. The van der Waals surface area contributed by atoms with Gasteiger partial charge in [-0.15, -0.1) is 0 Å². The summed E-state index contributed by atoms with van der Waals surface area (Å²) in [4.78, 5) is 10.2. The Morgan fingerprint density at radius 1 is 1.36 bits per heavy atom. The number of piperidine rings is 1. The van der Waals surface area contributed by atoms with E-state index in [4.69, 9.17) is 0 Å². The van der Waals surface area contributed by atoms with Gasteiger partial charge in [0.25, 0.3) is 0 Å². The zero-order chi connectivity index (χ0) is 10.6. The molecule has 0 atom stereocenters. The first-order valence-electron chi connectivity index (χ1n) is 4.93. The lowest BCUT2D eigenvalue weighted by atomic mass is 9.93. The Kier molecular flexibility index (Phi) is 4.07. The van der Waals surface area contributed by atoms with Crippen LogP contribution in [0.4, 0.5) is 0 Å². The van der Waals surface area contributed by atoms with Crippen molar-refractivity contribution in [1.82, 2.24) is 4.31 Å². The monoisotopic (exact) mass is 219 g/mol. The molecule has 5 heteroatoms. The fraction of sp³-hybridized carbons (Fsp3) is 0.889. The molecule has 4 nitrogen and oxygen atoms in total. The van der Waals surface area contributed by atoms with E-state index in [0.29, 0.717) is 25.4 Å². The molecule has 1 fully saturated rings. The molecule has 0 amide bonds. The van der Waals surface area contributed by atoms with E-state index in [2.05, 4.69) is 0 Å². The number of nitrogens with zero attached hydrogens (tertiary/aromatic N) is 1. The molecule has 0 aromatic rings. The molecule has 0 aromatic carbocycles. The Morgan fingerprint density at radius 3 is 2.36 bits per heavy atom. The molecule has 14 heavy (non-hydrogen) atoms. The van der Waals surface area contributed by atoms with Crippen LogP contribution in [0.5, 0.6) is 0 Å². The average molecular weight is 219 g/mol. The van der Waals surface area contributed by atoms with Gasteiger partial charge in [0.15, 0.2) is 0 Å². The van der Waals surface area contributed by atoms with Gasteiger partial charge in [0.05, 0.1) is 6.26 Å². The number of carbonyl (C=O) groups excluding carboxylic acids is 1. The van der Waals surface area contributed by atoms with E-state index in [1.807, 2.05) is 0 Å². The SMILES string of the molecule is CS(=O)(=O)N1CCC(CCC=O)CC1. The molecule has 0 spiro atoms. The van der Waals surface area contributed by atoms with E-state index in [1.54, 1.807) is 0 Å². The van der Waals surface area contributed by atoms with Crippen molar-refractivity contribution in [2.24, 2.45) is 5.92 Å². The zero-order valence-corrected chi connectivity index (χ0v) is 9.29. The van der Waals surface area contributed by atoms with Crippen molar-refractivity contribution in [1.29, 1.82) is 0 Å². The largest absolute Gasteiger partial charge is 0.303 e. The van der Waals surface area contributed by atoms with Crippen molar-refractivity contribution in [2.45, 2.75) is 25.7 Å². The minimum absolute atomic E-state index is 0.526. The van der Waals surface area contributed by atoms with Crippen LogP contribution in [0, 0.1) is 5.92 Å². The molecule has 0 N–H and O–H groups in total. The summed E-state index contributed by atoms with van der Waals surface area (Å²) in [7, 11) is -3.01. The van der Waals surface area contributed by atoms with E-state index < -0.39 is 10.0 Å². The van der Waals surface area contributed by atoms with Gasteiger partial charge in [-0.1, -0.05) is 0 Å². The van der Waals surface area contributed by atoms with Gasteiger partial charge in [-0.25, -0.2) is 12.7 Å². The van der Waals surface area contributed by atoms with Crippen LogP contribution in [0.1, 0.15) is 25.7 Å². The molecular weight excluding hydrogens is 202 g/mol. The summed E-state index contributed by atoms with van der Waals surface area (Å²) >= 11 is 0. The van der Waals surface area contributed by atoms with Crippen LogP contribution in [0.3, 0.4) is 0 Å². The zero-order valence-electron chi connectivity index (χ0n) is 8.48. The van der Waals surface area contributed by atoms with Crippen LogP contribution in [0.25, 0.3) is 0 Å². The van der Waals surface area contributed by atoms with Crippen molar-refractivity contribution in [3.8, 4) is 0 Å². The van der Waals surface area contributed by atoms with Crippen LogP contribution in [-0.2, 0) is 14.8 Å². The van der Waals surface area contributed by atoms with Crippen LogP contribution in [-0.4, -0.2) is 38.4 Å². The topological polar surface area (TPSA) is 54.5 Å². The second-order valence-corrected chi connectivity index (χ2v) is 5.83. The van der Waals surface area contributed by atoms with Gasteiger partial charge >= 0.3 is 0 Å². The fourth-order valence-electron chi connectivity index (χ4n) is 1.83. The molecule has 0 radical (unpaired) electrons. The normalized spacial score (nSPS) is 20.9. The molecule has 0 unspecified atom stereocenters. The third-order valence-corrected chi connectivity index (χ3v) is 4.04. The summed E-state index contributed by atoms with van der Waals surface area (Å²) in [6, 6.07) is 0. The lowest BCUT2D eigenvalue weighted by molar-refractivity contribution is -0.108. The highest BCUT2D eigenvalue weighted by atomic mass is 32.2. The Bertz CT molecular complexity index is 278. The highest BCUT2D eigenvalue weighted by Gasteiger charge is 2.24. The first kappa shape index (κ1) is 11.7. The third kappa shape index (κ3) is 3.38. The van der Waals surface area contributed by atoms with E-state index in [-0.39, 0.29) is 0 Å². The molecule has 1 heterocycles. The summed E-state index contributed by atoms with van der Waals surface area (Å²) in [5.74, 6) is 0.526. The van der Waals surface area contributed by atoms with Crippen molar-refractivity contribution in [2.75, 3.05) is 19.3 Å². The molecule has 0 aliphatic carbocycles. The Balaban J connectivity index is 2.35. The van der Waals surface area contributed by atoms with Crippen LogP contribution < -0.4 is 0 Å². The van der Waals surface area contributed by atoms with Crippen molar-refractivity contribution < 1.29 is 13.2 Å². The number of hydrogen-bond donors (Lipinski definition) is 0. The standard InChI is InChI=1S/C9H17NO3S/c1-14(12,13)10-6-4-9(5-7-10)3-2-8-11/h8-9H,2-7H2,1H3. The number of sulfonamides is 1. The first-order valence-corrected chi connectivity index (χ1v) is 6.77. The second-order valence-electron chi connectivity index (χ2n) is 3.85. The highest BCUT2D eigenvalue weighted by molar-refractivity contribution is 7.88. The van der Waals surface area contributed by atoms with Crippen molar-refractivity contribution in [3.63, 3.8) is 0 Å². The van der Waals surface area contributed by atoms with Crippen LogP contribution in [0.2, 0.25) is 0 Å². The second kappa shape index (κ2) is 4.89. The van der Waals surface area contributed by atoms with Crippen LogP contribution in [0.15, 0.2) is 0 Å². The summed E-state index contributed by atoms with van der Waals surface area (Å²) in [5, 5.41) is 0. The fourth-order valence-corrected chi connectivity index (χ4v) is 2.71. The van der Waals surface area contributed by atoms with Gasteiger partial charge in [-0.3, -0.25) is 0 Å². The Morgan fingerprint density at radius 2 is 1.93 bits per heavy atom. The summed E-state index contributed by atoms with van der Waals surface area (Å²) in [6.45, 7) is 1.23. The van der Waals surface area contributed by atoms with Gasteiger partial charge < -0.3 is 4.79 Å². The minimum atomic E-state index is -3.01. The summed E-state index contributed by atoms with van der Waals surface area (Å²) < 4.78 is 23.9. The highest BCUT2D eigenvalue weighted by Crippen LogP contribution is 2.22. The molecule has 1 saturated heterocycles. The van der Waals surface area contributed by atoms with Crippen molar-refractivity contribution in [3.05, 3.63) is 0 Å². The quantitative estimate of drug-likeness (QED) is 0.652. The Labute approximate surface area is 85.3 Å². The van der Waals surface area contributed by atoms with Crippen molar-refractivity contribution >= 4 is 16.3 Å². The maximum Gasteiger partial charge on any atom is 0.211 e. The summed E-state index contributed by atoms with van der Waals surface area (Å²) in [6.07, 6.45) is 5.47. The molecular formula is C9H17NO3S. The molecule has 82 valence electrons. The van der Waals surface area contributed by atoms with Gasteiger partial charge in [0.2, 0.25) is 10.0 Å². The maximum atomic E-state index is 11.2. The lowest BCUT2D eigenvalue weighted by Crippen LogP contribution is -2.37. The first-order chi connectivity index (χ1) is 6.54. The van der Waals surface area contributed by atoms with Gasteiger partial charge in [0.1, 0.15) is 6.29 Å². The lowest BCUT2D eigenvalue weighted by Gasteiger charge is -2.29. The molecule has 0 saturated carbocycles. The predicted octanol–water partition coefficient (Wildman–Crippen LogP) is 0.637. The number of aldehydes is 1. The summed E-state index contributed by atoms with van der Waals surface area (Å²) in [5.41, 5.74) is 0. The van der Waals surface area contributed by atoms with E-state index in [0.717, 1.165) is 25.5 Å². The Hall–Kier alpha value is -0.420. The van der Waals surface area contributed by atoms with Gasteiger partial charge in [0, 0.05) is 19.5 Å². The van der Waals surface area contributed by atoms with E-state index in [1.165, 1.54) is 10.6 Å². The minimum Gasteiger partial charge on any atom is -0.303 e. The maximum absolute atomic E-state index is 11.2. The smallest absolute Gasteiger partial charge is 0.211 e. The van der Waals surface area contributed by atoms with Crippen LogP contribution >= 0.6 is 0 Å². The van der Waals surface area contributed by atoms with E-state index in [9.17, 15) is 13.2 Å². The number of hydrogen-bond acceptors (Lipinski definition) is 3. The molecule has 1 rings (SSSR count). The molecule has 0 aromatic heterocycles. The van der Waals surface area contributed by atoms with Gasteiger partial charge in [-0.05, 0) is 25.2 Å². The number of rotatable bonds is 4. The third-order valence-electron chi connectivity index (χ3n) is 2.74. The molecule has 1 aliphatic rings. The molecule has 0 bridgehead atoms. The predicted molar refractivity (Wildman–Crippen MR) is 54.4 cm³/mol. The molecule has 1 aliphatic heterocycles.